The SMILES string of the molecule is O=C(CC1(C(=O)O)CCCC1)NCCn1cccc1. The van der Waals surface area contributed by atoms with Gasteiger partial charge in [-0.25, -0.2) is 0 Å². The van der Waals surface area contributed by atoms with Crippen LogP contribution in [0.4, 0.5) is 0 Å². The first-order valence-electron chi connectivity index (χ1n) is 6.73. The number of carbonyl (C=O) groups is 2. The van der Waals surface area contributed by atoms with Crippen LogP contribution in [0.15, 0.2) is 24.5 Å². The molecule has 1 aromatic heterocycles. The molecule has 0 atom stereocenters. The first-order chi connectivity index (χ1) is 9.12. The topological polar surface area (TPSA) is 71.3 Å². The average Bonchev–Trinajstić information content (AvgIpc) is 3.00. The molecule has 1 heterocycles. The van der Waals surface area contributed by atoms with Crippen molar-refractivity contribution in [3.63, 3.8) is 0 Å². The largest absolute Gasteiger partial charge is 0.481 e. The van der Waals surface area contributed by atoms with Crippen LogP contribution in [-0.4, -0.2) is 28.1 Å². The fourth-order valence-electron chi connectivity index (χ4n) is 2.73. The van der Waals surface area contributed by atoms with Gasteiger partial charge in [-0.3, -0.25) is 9.59 Å². The molecule has 1 aromatic rings. The molecule has 104 valence electrons. The Morgan fingerprint density at radius 1 is 1.21 bits per heavy atom. The quantitative estimate of drug-likeness (QED) is 0.820. The third-order valence-electron chi connectivity index (χ3n) is 3.87. The number of nitrogens with one attached hydrogen (secondary N) is 1. The number of nitrogens with zero attached hydrogens (tertiary/aromatic N) is 1. The number of aromatic nitrogens is 1. The summed E-state index contributed by atoms with van der Waals surface area (Å²) in [5, 5.41) is 12.1. The fraction of sp³-hybridized carbons (Fsp3) is 0.571. The molecule has 5 nitrogen and oxygen atoms in total. The Morgan fingerprint density at radius 2 is 1.84 bits per heavy atom. The zero-order valence-electron chi connectivity index (χ0n) is 11.0. The highest BCUT2D eigenvalue weighted by molar-refractivity contribution is 5.85. The lowest BCUT2D eigenvalue weighted by Crippen LogP contribution is -2.36. The van der Waals surface area contributed by atoms with Gasteiger partial charge in [-0.1, -0.05) is 12.8 Å². The first-order valence-corrected chi connectivity index (χ1v) is 6.73. The van der Waals surface area contributed by atoms with Crippen LogP contribution in [-0.2, 0) is 16.1 Å². The van der Waals surface area contributed by atoms with Crippen LogP contribution < -0.4 is 5.32 Å². The molecule has 1 aliphatic carbocycles. The molecule has 19 heavy (non-hydrogen) atoms. The Balaban J connectivity index is 1.78. The molecule has 2 rings (SSSR count). The second kappa shape index (κ2) is 5.91. The number of aliphatic carboxylic acids is 1. The van der Waals surface area contributed by atoms with Crippen LogP contribution in [0, 0.1) is 5.41 Å². The van der Waals surface area contributed by atoms with Gasteiger partial charge in [0.2, 0.25) is 5.91 Å². The number of carboxylic acids is 1. The summed E-state index contributed by atoms with van der Waals surface area (Å²) in [6.45, 7) is 1.24. The first kappa shape index (κ1) is 13.6. The van der Waals surface area contributed by atoms with Gasteiger partial charge in [-0.15, -0.1) is 0 Å². The standard InChI is InChI=1S/C14H20N2O3/c17-12(15-7-10-16-8-3-4-9-16)11-14(13(18)19)5-1-2-6-14/h3-4,8-9H,1-2,5-7,10-11H2,(H,15,17)(H,18,19). The van der Waals surface area contributed by atoms with E-state index in [0.29, 0.717) is 25.9 Å². The van der Waals surface area contributed by atoms with E-state index in [0.717, 1.165) is 12.8 Å². The minimum atomic E-state index is -0.828. The number of hydrogen-bond donors (Lipinski definition) is 2. The maximum absolute atomic E-state index is 11.9. The van der Waals surface area contributed by atoms with Crippen LogP contribution in [0.5, 0.6) is 0 Å². The summed E-state index contributed by atoms with van der Waals surface area (Å²) in [5.74, 6) is -0.984. The lowest BCUT2D eigenvalue weighted by Gasteiger charge is -2.22. The molecule has 0 bridgehead atoms. The van der Waals surface area contributed by atoms with Crippen molar-refractivity contribution in [3.8, 4) is 0 Å². The smallest absolute Gasteiger partial charge is 0.310 e. The molecule has 1 aliphatic rings. The number of amides is 1. The summed E-state index contributed by atoms with van der Waals surface area (Å²) in [4.78, 5) is 23.2. The second-order valence-electron chi connectivity index (χ2n) is 5.24. The van der Waals surface area contributed by atoms with Gasteiger partial charge in [0.1, 0.15) is 0 Å². The second-order valence-corrected chi connectivity index (χ2v) is 5.24. The van der Waals surface area contributed by atoms with Crippen molar-refractivity contribution in [2.24, 2.45) is 5.41 Å². The van der Waals surface area contributed by atoms with Gasteiger partial charge in [-0.05, 0) is 25.0 Å². The summed E-state index contributed by atoms with van der Waals surface area (Å²) in [5.41, 5.74) is -0.822. The Bertz CT molecular complexity index is 434. The molecule has 0 saturated heterocycles. The van der Waals surface area contributed by atoms with Crippen LogP contribution in [0.2, 0.25) is 0 Å². The van der Waals surface area contributed by atoms with Crippen LogP contribution in [0.3, 0.4) is 0 Å². The Hall–Kier alpha value is -1.78. The minimum absolute atomic E-state index is 0.105. The average molecular weight is 264 g/mol. The molecule has 0 radical (unpaired) electrons. The van der Waals surface area contributed by atoms with Crippen molar-refractivity contribution in [1.29, 1.82) is 0 Å². The molecule has 2 N–H and O–H groups in total. The predicted molar refractivity (Wildman–Crippen MR) is 70.6 cm³/mol. The van der Waals surface area contributed by atoms with Crippen LogP contribution >= 0.6 is 0 Å². The van der Waals surface area contributed by atoms with E-state index < -0.39 is 11.4 Å². The molecule has 0 aliphatic heterocycles. The molecule has 0 aromatic carbocycles. The summed E-state index contributed by atoms with van der Waals surface area (Å²) in [6, 6.07) is 3.86. The molecular weight excluding hydrogens is 244 g/mol. The Kier molecular flexibility index (Phi) is 4.24. The summed E-state index contributed by atoms with van der Waals surface area (Å²) < 4.78 is 1.98. The van der Waals surface area contributed by atoms with E-state index in [-0.39, 0.29) is 12.3 Å². The van der Waals surface area contributed by atoms with E-state index in [1.54, 1.807) is 0 Å². The van der Waals surface area contributed by atoms with Gasteiger partial charge < -0.3 is 15.0 Å². The highest BCUT2D eigenvalue weighted by Gasteiger charge is 2.42. The van der Waals surface area contributed by atoms with E-state index >= 15 is 0 Å². The fourth-order valence-corrected chi connectivity index (χ4v) is 2.73. The number of rotatable bonds is 6. The molecule has 0 spiro atoms. The number of carbonyl (C=O) groups excluding carboxylic acids is 1. The van der Waals surface area contributed by atoms with E-state index in [1.165, 1.54) is 0 Å². The van der Waals surface area contributed by atoms with Crippen molar-refractivity contribution < 1.29 is 14.7 Å². The lowest BCUT2D eigenvalue weighted by atomic mass is 9.82. The van der Waals surface area contributed by atoms with Gasteiger partial charge in [0.15, 0.2) is 0 Å². The zero-order chi connectivity index (χ0) is 13.7. The highest BCUT2D eigenvalue weighted by atomic mass is 16.4. The molecule has 1 saturated carbocycles. The van der Waals surface area contributed by atoms with Gasteiger partial charge in [0, 0.05) is 31.9 Å². The minimum Gasteiger partial charge on any atom is -0.481 e. The summed E-state index contributed by atoms with van der Waals surface area (Å²) >= 11 is 0. The van der Waals surface area contributed by atoms with Gasteiger partial charge in [0.05, 0.1) is 5.41 Å². The van der Waals surface area contributed by atoms with E-state index in [2.05, 4.69) is 5.32 Å². The molecule has 5 heteroatoms. The molecule has 1 amide bonds. The maximum Gasteiger partial charge on any atom is 0.310 e. The summed E-state index contributed by atoms with van der Waals surface area (Å²) in [6.07, 6.45) is 7.02. The van der Waals surface area contributed by atoms with Gasteiger partial charge in [0.25, 0.3) is 0 Å². The lowest BCUT2D eigenvalue weighted by molar-refractivity contribution is -0.151. The maximum atomic E-state index is 11.9. The Labute approximate surface area is 112 Å². The van der Waals surface area contributed by atoms with Crippen molar-refractivity contribution in [2.75, 3.05) is 6.54 Å². The number of hydrogen-bond acceptors (Lipinski definition) is 2. The van der Waals surface area contributed by atoms with Gasteiger partial charge in [-0.2, -0.15) is 0 Å². The predicted octanol–water partition coefficient (Wildman–Crippen LogP) is 1.64. The molecular formula is C14H20N2O3. The normalized spacial score (nSPS) is 17.3. The van der Waals surface area contributed by atoms with Gasteiger partial charge >= 0.3 is 5.97 Å². The monoisotopic (exact) mass is 264 g/mol. The molecule has 1 fully saturated rings. The van der Waals surface area contributed by atoms with Crippen LogP contribution in [0.1, 0.15) is 32.1 Å². The van der Waals surface area contributed by atoms with Crippen LogP contribution in [0.25, 0.3) is 0 Å². The highest BCUT2D eigenvalue weighted by Crippen LogP contribution is 2.41. The van der Waals surface area contributed by atoms with E-state index in [1.807, 2.05) is 29.1 Å². The number of carboxylic acid groups (broad SMARTS) is 1. The molecule has 0 unspecified atom stereocenters. The summed E-state index contributed by atoms with van der Waals surface area (Å²) in [7, 11) is 0. The van der Waals surface area contributed by atoms with E-state index in [9.17, 15) is 14.7 Å². The third-order valence-corrected chi connectivity index (χ3v) is 3.87. The third kappa shape index (κ3) is 3.36. The zero-order valence-corrected chi connectivity index (χ0v) is 11.0. The Morgan fingerprint density at radius 3 is 2.42 bits per heavy atom. The van der Waals surface area contributed by atoms with Crippen molar-refractivity contribution in [1.82, 2.24) is 9.88 Å². The van der Waals surface area contributed by atoms with Crippen molar-refractivity contribution in [3.05, 3.63) is 24.5 Å². The van der Waals surface area contributed by atoms with E-state index in [4.69, 9.17) is 0 Å². The van der Waals surface area contributed by atoms with Crippen molar-refractivity contribution >= 4 is 11.9 Å². The van der Waals surface area contributed by atoms with Crippen molar-refractivity contribution in [2.45, 2.75) is 38.6 Å².